The predicted octanol–water partition coefficient (Wildman–Crippen LogP) is 0.444. The van der Waals surface area contributed by atoms with Crippen molar-refractivity contribution in [1.29, 1.82) is 0 Å². The number of carboxylic acid groups (broad SMARTS) is 1. The van der Waals surface area contributed by atoms with Crippen LogP contribution in [0.25, 0.3) is 0 Å². The van der Waals surface area contributed by atoms with E-state index in [1.807, 2.05) is 6.92 Å². The van der Waals surface area contributed by atoms with E-state index in [1.54, 1.807) is 6.92 Å². The fourth-order valence-electron chi connectivity index (χ4n) is 0.537. The molecule has 0 aliphatic rings. The Morgan fingerprint density at radius 1 is 1.78 bits per heavy atom. The van der Waals surface area contributed by atoms with Gasteiger partial charge in [0.1, 0.15) is 0 Å². The first kappa shape index (κ1) is 8.43. The summed E-state index contributed by atoms with van der Waals surface area (Å²) in [5, 5.41) is 8.40. The van der Waals surface area contributed by atoms with Gasteiger partial charge in [-0.15, -0.1) is 0 Å². The van der Waals surface area contributed by atoms with Crippen molar-refractivity contribution in [2.45, 2.75) is 26.3 Å². The van der Waals surface area contributed by atoms with Gasteiger partial charge in [-0.2, -0.15) is 0 Å². The van der Waals surface area contributed by atoms with Gasteiger partial charge in [0.25, 0.3) is 0 Å². The number of rotatable bonds is 3. The van der Waals surface area contributed by atoms with Crippen LogP contribution in [0.1, 0.15) is 20.3 Å². The fourth-order valence-corrected chi connectivity index (χ4v) is 0.537. The summed E-state index contributed by atoms with van der Waals surface area (Å²) in [5.74, 6) is -1.24. The third kappa shape index (κ3) is 2.46. The molecule has 0 saturated heterocycles. The van der Waals surface area contributed by atoms with Gasteiger partial charge in [0.2, 0.25) is 0 Å². The molecule has 0 fully saturated rings. The molecule has 0 heterocycles. The molecule has 0 rings (SSSR count). The highest BCUT2D eigenvalue weighted by molar-refractivity contribution is 5.70. The van der Waals surface area contributed by atoms with Crippen molar-refractivity contribution >= 4 is 5.97 Å². The lowest BCUT2D eigenvalue weighted by Crippen LogP contribution is -2.32. The van der Waals surface area contributed by atoms with Crippen LogP contribution in [0.2, 0.25) is 0 Å². The van der Waals surface area contributed by atoms with Crippen LogP contribution in [0, 0.1) is 5.92 Å². The van der Waals surface area contributed by atoms with Crippen LogP contribution >= 0.6 is 0 Å². The van der Waals surface area contributed by atoms with Gasteiger partial charge in [-0.3, -0.25) is 4.79 Å². The zero-order valence-corrected chi connectivity index (χ0v) is 5.79. The summed E-state index contributed by atoms with van der Waals surface area (Å²) >= 11 is 0. The molecule has 3 nitrogen and oxygen atoms in total. The SMILES string of the molecule is CCC(N)C(C)C(=O)O. The van der Waals surface area contributed by atoms with Crippen LogP contribution in [-0.2, 0) is 4.79 Å². The van der Waals surface area contributed by atoms with E-state index >= 15 is 0 Å². The standard InChI is InChI=1S/C6H13NO2/c1-3-5(7)4(2)6(8)9/h4-5H,3,7H2,1-2H3,(H,8,9). The van der Waals surface area contributed by atoms with Gasteiger partial charge in [-0.1, -0.05) is 13.8 Å². The van der Waals surface area contributed by atoms with E-state index in [9.17, 15) is 4.79 Å². The smallest absolute Gasteiger partial charge is 0.307 e. The molecule has 0 aliphatic carbocycles. The molecule has 3 heteroatoms. The molecule has 0 saturated carbocycles. The minimum absolute atomic E-state index is 0.206. The van der Waals surface area contributed by atoms with E-state index in [1.165, 1.54) is 0 Å². The molecule has 9 heavy (non-hydrogen) atoms. The van der Waals surface area contributed by atoms with Crippen LogP contribution in [0.15, 0.2) is 0 Å². The third-order valence-corrected chi connectivity index (χ3v) is 1.50. The zero-order valence-electron chi connectivity index (χ0n) is 5.79. The predicted molar refractivity (Wildman–Crippen MR) is 35.1 cm³/mol. The van der Waals surface area contributed by atoms with Crippen LogP contribution < -0.4 is 5.73 Å². The second-order valence-electron chi connectivity index (χ2n) is 2.20. The van der Waals surface area contributed by atoms with Crippen LogP contribution in [0.4, 0.5) is 0 Å². The molecular weight excluding hydrogens is 118 g/mol. The summed E-state index contributed by atoms with van der Waals surface area (Å²) < 4.78 is 0. The first-order chi connectivity index (χ1) is 4.09. The molecule has 0 spiro atoms. The molecule has 0 amide bonds. The third-order valence-electron chi connectivity index (χ3n) is 1.50. The summed E-state index contributed by atoms with van der Waals surface area (Å²) in [4.78, 5) is 10.2. The van der Waals surface area contributed by atoms with Crippen molar-refractivity contribution < 1.29 is 9.90 Å². The lowest BCUT2D eigenvalue weighted by atomic mass is 10.0. The van der Waals surface area contributed by atoms with Gasteiger partial charge in [-0.25, -0.2) is 0 Å². The monoisotopic (exact) mass is 131 g/mol. The second-order valence-corrected chi connectivity index (χ2v) is 2.20. The number of carbonyl (C=O) groups is 1. The van der Waals surface area contributed by atoms with Crippen molar-refractivity contribution in [2.24, 2.45) is 11.7 Å². The number of aliphatic carboxylic acids is 1. The molecular formula is C6H13NO2. The Bertz CT molecular complexity index is 103. The van der Waals surface area contributed by atoms with E-state index in [-0.39, 0.29) is 6.04 Å². The first-order valence-corrected chi connectivity index (χ1v) is 3.08. The second kappa shape index (κ2) is 3.45. The molecule has 0 aromatic rings. The highest BCUT2D eigenvalue weighted by Gasteiger charge is 2.17. The highest BCUT2D eigenvalue weighted by Crippen LogP contribution is 2.02. The van der Waals surface area contributed by atoms with Crippen LogP contribution in [-0.4, -0.2) is 17.1 Å². The van der Waals surface area contributed by atoms with Crippen LogP contribution in [0.3, 0.4) is 0 Å². The van der Waals surface area contributed by atoms with Crippen molar-refractivity contribution in [3.63, 3.8) is 0 Å². The quantitative estimate of drug-likeness (QED) is 0.584. The first-order valence-electron chi connectivity index (χ1n) is 3.08. The molecule has 0 aromatic heterocycles. The van der Waals surface area contributed by atoms with E-state index in [4.69, 9.17) is 10.8 Å². The van der Waals surface area contributed by atoms with Gasteiger partial charge in [0.05, 0.1) is 5.92 Å². The average Bonchev–Trinajstić information content (AvgIpc) is 1.84. The zero-order chi connectivity index (χ0) is 7.44. The van der Waals surface area contributed by atoms with E-state index in [0.717, 1.165) is 0 Å². The number of carboxylic acids is 1. The maximum atomic E-state index is 10.2. The summed E-state index contributed by atoms with van der Waals surface area (Å²) in [7, 11) is 0. The summed E-state index contributed by atoms with van der Waals surface area (Å²) in [6, 6.07) is -0.206. The molecule has 2 unspecified atom stereocenters. The van der Waals surface area contributed by atoms with Crippen molar-refractivity contribution in [3.8, 4) is 0 Å². The fraction of sp³-hybridized carbons (Fsp3) is 0.833. The Labute approximate surface area is 54.9 Å². The molecule has 54 valence electrons. The van der Waals surface area contributed by atoms with Crippen molar-refractivity contribution in [2.75, 3.05) is 0 Å². The van der Waals surface area contributed by atoms with E-state index in [2.05, 4.69) is 0 Å². The molecule has 0 aromatic carbocycles. The van der Waals surface area contributed by atoms with Gasteiger partial charge >= 0.3 is 5.97 Å². The largest absolute Gasteiger partial charge is 0.481 e. The molecule has 2 atom stereocenters. The summed E-state index contributed by atoms with van der Waals surface area (Å²) in [6.07, 6.45) is 0.716. The lowest BCUT2D eigenvalue weighted by Gasteiger charge is -2.12. The maximum absolute atomic E-state index is 10.2. The van der Waals surface area contributed by atoms with Gasteiger partial charge in [-0.05, 0) is 6.42 Å². The van der Waals surface area contributed by atoms with Crippen molar-refractivity contribution in [1.82, 2.24) is 0 Å². The van der Waals surface area contributed by atoms with E-state index < -0.39 is 11.9 Å². The van der Waals surface area contributed by atoms with Gasteiger partial charge in [0, 0.05) is 6.04 Å². The van der Waals surface area contributed by atoms with Gasteiger partial charge < -0.3 is 10.8 Å². The molecule has 0 aliphatic heterocycles. The van der Waals surface area contributed by atoms with Crippen molar-refractivity contribution in [3.05, 3.63) is 0 Å². The van der Waals surface area contributed by atoms with Gasteiger partial charge in [0.15, 0.2) is 0 Å². The Kier molecular flexibility index (Phi) is 3.24. The molecule has 0 radical (unpaired) electrons. The van der Waals surface area contributed by atoms with E-state index in [0.29, 0.717) is 6.42 Å². The minimum Gasteiger partial charge on any atom is -0.481 e. The lowest BCUT2D eigenvalue weighted by molar-refractivity contribution is -0.141. The normalized spacial score (nSPS) is 16.8. The number of nitrogens with two attached hydrogens (primary N) is 1. The highest BCUT2D eigenvalue weighted by atomic mass is 16.4. The Hall–Kier alpha value is -0.570. The topological polar surface area (TPSA) is 63.3 Å². The average molecular weight is 131 g/mol. The Morgan fingerprint density at radius 3 is 2.33 bits per heavy atom. The summed E-state index contributed by atoms with van der Waals surface area (Å²) in [5.41, 5.74) is 5.44. The number of hydrogen-bond acceptors (Lipinski definition) is 2. The Morgan fingerprint density at radius 2 is 2.22 bits per heavy atom. The molecule has 0 bridgehead atoms. The number of hydrogen-bond donors (Lipinski definition) is 2. The minimum atomic E-state index is -0.815. The molecule has 3 N–H and O–H groups in total. The Balaban J connectivity index is 3.72. The summed E-state index contributed by atoms with van der Waals surface area (Å²) in [6.45, 7) is 3.50. The van der Waals surface area contributed by atoms with Crippen LogP contribution in [0.5, 0.6) is 0 Å². The maximum Gasteiger partial charge on any atom is 0.307 e.